The van der Waals surface area contributed by atoms with Gasteiger partial charge in [0.05, 0.1) is 17.0 Å². The Balaban J connectivity index is 1.66. The van der Waals surface area contributed by atoms with E-state index in [-0.39, 0.29) is 28.6 Å². The first-order valence-corrected chi connectivity index (χ1v) is 11.2. The van der Waals surface area contributed by atoms with Gasteiger partial charge in [0.15, 0.2) is 0 Å². The minimum absolute atomic E-state index is 0.0205. The average molecular weight is 452 g/mol. The topological polar surface area (TPSA) is 100 Å². The molecule has 0 amide bonds. The number of carboxylic acids is 1. The highest BCUT2D eigenvalue weighted by atomic mass is 35.5. The molecule has 1 aromatic carbocycles. The zero-order valence-electron chi connectivity index (χ0n) is 16.0. The van der Waals surface area contributed by atoms with Crippen molar-refractivity contribution in [2.24, 2.45) is 0 Å². The van der Waals surface area contributed by atoms with Gasteiger partial charge in [-0.15, -0.1) is 0 Å². The molecule has 0 bridgehead atoms. The number of carboxylic acid groups (broad SMARTS) is 1. The number of aliphatic carboxylic acids is 1. The van der Waals surface area contributed by atoms with Gasteiger partial charge in [-0.25, -0.2) is 22.8 Å². The van der Waals surface area contributed by atoms with Gasteiger partial charge in [0.1, 0.15) is 5.82 Å². The van der Waals surface area contributed by atoms with Gasteiger partial charge in [0.25, 0.3) is 0 Å². The summed E-state index contributed by atoms with van der Waals surface area (Å²) < 4.78 is 40.5. The molecule has 0 fully saturated rings. The Morgan fingerprint density at radius 2 is 2.03 bits per heavy atom. The third kappa shape index (κ3) is 3.61. The van der Waals surface area contributed by atoms with Crippen LogP contribution in [0.3, 0.4) is 0 Å². The largest absolute Gasteiger partial charge is 0.481 e. The van der Waals surface area contributed by atoms with E-state index in [0.717, 1.165) is 28.8 Å². The van der Waals surface area contributed by atoms with E-state index in [2.05, 4.69) is 9.97 Å². The quantitative estimate of drug-likeness (QED) is 0.698. The molecule has 2 unspecified atom stereocenters. The lowest BCUT2D eigenvalue weighted by Gasteiger charge is -2.32. The zero-order chi connectivity index (χ0) is 21.6. The summed E-state index contributed by atoms with van der Waals surface area (Å²) in [5, 5.41) is 9.39. The predicted octanol–water partition coefficient (Wildman–Crippen LogP) is 3.47. The normalized spacial score (nSPS) is 20.9. The molecular formula is C20H19ClFN3O4S. The molecule has 30 heavy (non-hydrogen) atoms. The molecule has 7 nitrogen and oxygen atoms in total. The van der Waals surface area contributed by atoms with Crippen LogP contribution in [0, 0.1) is 5.82 Å². The number of hydrogen-bond acceptors (Lipinski definition) is 5. The second kappa shape index (κ2) is 7.72. The molecule has 10 heteroatoms. The maximum atomic E-state index is 13.2. The first kappa shape index (κ1) is 20.9. The van der Waals surface area contributed by atoms with Crippen LogP contribution in [0.1, 0.15) is 42.9 Å². The summed E-state index contributed by atoms with van der Waals surface area (Å²) in [5.41, 5.74) is 3.13. The first-order chi connectivity index (χ1) is 14.2. The molecule has 2 aromatic rings. The molecule has 4 rings (SSSR count). The number of nitrogens with zero attached hydrogens (tertiary/aromatic N) is 3. The lowest BCUT2D eigenvalue weighted by molar-refractivity contribution is -0.137. The highest BCUT2D eigenvalue weighted by molar-refractivity contribution is 7.89. The van der Waals surface area contributed by atoms with Gasteiger partial charge in [0, 0.05) is 30.8 Å². The van der Waals surface area contributed by atoms with Crippen molar-refractivity contribution < 1.29 is 22.7 Å². The fraction of sp³-hybridized carbons (Fsp3) is 0.350. The SMILES string of the molecule is CN(C1CCC2=C(C1)c1nc(Cl)ncc1C2CC(=O)O)S(=O)(=O)c1ccc(F)cc1. The van der Waals surface area contributed by atoms with Crippen molar-refractivity contribution in [1.29, 1.82) is 0 Å². The highest BCUT2D eigenvalue weighted by Gasteiger charge is 2.40. The van der Waals surface area contributed by atoms with Crippen LogP contribution in [0.5, 0.6) is 0 Å². The minimum atomic E-state index is -3.81. The number of sulfonamides is 1. The van der Waals surface area contributed by atoms with Crippen LogP contribution in [0.15, 0.2) is 40.9 Å². The predicted molar refractivity (Wildman–Crippen MR) is 108 cm³/mol. The summed E-state index contributed by atoms with van der Waals surface area (Å²) in [7, 11) is -2.30. The van der Waals surface area contributed by atoms with Crippen LogP contribution in [0.4, 0.5) is 4.39 Å². The highest BCUT2D eigenvalue weighted by Crippen LogP contribution is 2.50. The summed E-state index contributed by atoms with van der Waals surface area (Å²) in [4.78, 5) is 19.7. The van der Waals surface area contributed by atoms with Gasteiger partial charge >= 0.3 is 5.97 Å². The van der Waals surface area contributed by atoms with Crippen molar-refractivity contribution >= 4 is 33.2 Å². The van der Waals surface area contributed by atoms with E-state index >= 15 is 0 Å². The van der Waals surface area contributed by atoms with E-state index in [4.69, 9.17) is 11.6 Å². The van der Waals surface area contributed by atoms with Crippen LogP contribution in [-0.2, 0) is 14.8 Å². The van der Waals surface area contributed by atoms with Crippen molar-refractivity contribution in [3.8, 4) is 0 Å². The molecule has 1 N–H and O–H groups in total. The first-order valence-electron chi connectivity index (χ1n) is 9.38. The van der Waals surface area contributed by atoms with Crippen LogP contribution in [0.25, 0.3) is 5.57 Å². The minimum Gasteiger partial charge on any atom is -0.481 e. The Hall–Kier alpha value is -2.36. The third-order valence-electron chi connectivity index (χ3n) is 5.83. The van der Waals surface area contributed by atoms with Gasteiger partial charge < -0.3 is 5.11 Å². The van der Waals surface area contributed by atoms with Crippen molar-refractivity contribution in [3.63, 3.8) is 0 Å². The number of hydrogen-bond donors (Lipinski definition) is 1. The molecule has 0 aliphatic heterocycles. The third-order valence-corrected chi connectivity index (χ3v) is 7.93. The lowest BCUT2D eigenvalue weighted by Crippen LogP contribution is -2.38. The number of halogens is 2. The Morgan fingerprint density at radius 3 is 2.70 bits per heavy atom. The van der Waals surface area contributed by atoms with Gasteiger partial charge in [-0.05, 0) is 60.7 Å². The monoisotopic (exact) mass is 451 g/mol. The Labute approximate surface area is 178 Å². The molecule has 2 atom stereocenters. The van der Waals surface area contributed by atoms with E-state index in [1.165, 1.54) is 23.5 Å². The van der Waals surface area contributed by atoms with Crippen LogP contribution in [0.2, 0.25) is 5.28 Å². The van der Waals surface area contributed by atoms with Gasteiger partial charge in [0.2, 0.25) is 15.3 Å². The summed E-state index contributed by atoms with van der Waals surface area (Å²) in [6.45, 7) is 0. The lowest BCUT2D eigenvalue weighted by atomic mass is 9.84. The molecule has 2 aliphatic carbocycles. The molecular weight excluding hydrogens is 433 g/mol. The standard InChI is InChI=1S/C20H19ClFN3O4S/c1-25(30(28,29)13-5-2-11(22)3-6-13)12-4-7-14-15(9-18(26)27)17-10-23-20(21)24-19(17)16(14)8-12/h2-3,5-6,10,12,15H,4,7-9H2,1H3,(H,26,27). The van der Waals surface area contributed by atoms with Crippen molar-refractivity contribution in [3.05, 3.63) is 58.4 Å². The smallest absolute Gasteiger partial charge is 0.304 e. The van der Waals surface area contributed by atoms with Crippen LogP contribution >= 0.6 is 11.6 Å². The molecule has 0 radical (unpaired) electrons. The van der Waals surface area contributed by atoms with E-state index in [1.807, 2.05) is 0 Å². The zero-order valence-corrected chi connectivity index (χ0v) is 17.6. The summed E-state index contributed by atoms with van der Waals surface area (Å²) >= 11 is 5.97. The average Bonchev–Trinajstić information content (AvgIpc) is 2.99. The number of rotatable bonds is 5. The van der Waals surface area contributed by atoms with Crippen LogP contribution < -0.4 is 0 Å². The summed E-state index contributed by atoms with van der Waals surface area (Å²) in [5.74, 6) is -1.76. The molecule has 158 valence electrons. The Morgan fingerprint density at radius 1 is 1.33 bits per heavy atom. The maximum Gasteiger partial charge on any atom is 0.304 e. The molecule has 1 heterocycles. The Bertz CT molecular complexity index is 1150. The number of aromatic nitrogens is 2. The van der Waals surface area contributed by atoms with Gasteiger partial charge in [-0.3, -0.25) is 4.79 Å². The summed E-state index contributed by atoms with van der Waals surface area (Å²) in [6, 6.07) is 4.38. The molecule has 0 saturated heterocycles. The number of allylic oxidation sites excluding steroid dienone is 1. The van der Waals surface area contributed by atoms with E-state index in [9.17, 15) is 22.7 Å². The fourth-order valence-corrected chi connectivity index (χ4v) is 5.83. The van der Waals surface area contributed by atoms with E-state index < -0.39 is 21.8 Å². The second-order valence-corrected chi connectivity index (χ2v) is 9.80. The van der Waals surface area contributed by atoms with Crippen molar-refractivity contribution in [1.82, 2.24) is 14.3 Å². The molecule has 0 saturated carbocycles. The molecule has 2 aliphatic rings. The Kier molecular flexibility index (Phi) is 5.37. The van der Waals surface area contributed by atoms with Crippen LogP contribution in [-0.4, -0.2) is 46.9 Å². The number of carbonyl (C=O) groups is 1. The van der Waals surface area contributed by atoms with E-state index in [0.29, 0.717) is 25.0 Å². The fourth-order valence-electron chi connectivity index (χ4n) is 4.32. The summed E-state index contributed by atoms with van der Waals surface area (Å²) in [6.07, 6.45) is 2.97. The van der Waals surface area contributed by atoms with Gasteiger partial charge in [-0.1, -0.05) is 5.57 Å². The molecule has 1 aromatic heterocycles. The number of fused-ring (bicyclic) bond motifs is 2. The maximum absolute atomic E-state index is 13.2. The van der Waals surface area contributed by atoms with Crippen molar-refractivity contribution in [2.45, 2.75) is 42.5 Å². The second-order valence-electron chi connectivity index (χ2n) is 7.47. The molecule has 0 spiro atoms. The van der Waals surface area contributed by atoms with Crippen molar-refractivity contribution in [2.75, 3.05) is 7.05 Å². The van der Waals surface area contributed by atoms with E-state index in [1.54, 1.807) is 6.20 Å². The number of benzene rings is 1. The van der Waals surface area contributed by atoms with Gasteiger partial charge in [-0.2, -0.15) is 4.31 Å².